The van der Waals surface area contributed by atoms with Crippen LogP contribution in [0.1, 0.15) is 61.4 Å². The molecule has 3 rings (SSSR count). The molecule has 1 aromatic carbocycles. The topological polar surface area (TPSA) is 58.7 Å². The highest BCUT2D eigenvalue weighted by atomic mass is 19.1. The third-order valence-electron chi connectivity index (χ3n) is 4.04. The van der Waals surface area contributed by atoms with Crippen LogP contribution in [0.25, 0.3) is 5.69 Å². The number of nitriles is 1. The first-order chi connectivity index (χ1) is 11.3. The highest BCUT2D eigenvalue weighted by Gasteiger charge is 2.35. The van der Waals surface area contributed by atoms with Crippen LogP contribution in [0.15, 0.2) is 18.2 Å². The van der Waals surface area contributed by atoms with E-state index in [0.29, 0.717) is 29.8 Å². The number of halogens is 1. The van der Waals surface area contributed by atoms with Crippen LogP contribution in [0.4, 0.5) is 4.39 Å². The Labute approximate surface area is 141 Å². The molecule has 0 fully saturated rings. The van der Waals surface area contributed by atoms with Crippen LogP contribution < -0.4 is 0 Å². The van der Waals surface area contributed by atoms with Crippen molar-refractivity contribution >= 4 is 5.78 Å². The molecule has 0 bridgehead atoms. The van der Waals surface area contributed by atoms with Gasteiger partial charge in [0.25, 0.3) is 0 Å². The van der Waals surface area contributed by atoms with E-state index in [-0.39, 0.29) is 16.8 Å². The van der Waals surface area contributed by atoms with Crippen LogP contribution in [0.5, 0.6) is 0 Å². The molecule has 5 heteroatoms. The standard InChI is InChI=1S/C17H16FN3O.C2H6/c1-10-16-14(7-17(2,3)8-15(16)22)21(20-10)12-5-4-11(9-19)13(18)6-12;1-2/h4-6H,7-8H2,1-3H3;1-2H3. The molecule has 4 nitrogen and oxygen atoms in total. The molecule has 0 unspecified atom stereocenters. The highest BCUT2D eigenvalue weighted by molar-refractivity contribution is 5.99. The third kappa shape index (κ3) is 3.09. The zero-order valence-corrected chi connectivity index (χ0v) is 14.8. The fourth-order valence-corrected chi connectivity index (χ4v) is 3.08. The Balaban J connectivity index is 0.00000100. The number of nitrogens with zero attached hydrogens (tertiary/aromatic N) is 3. The van der Waals surface area contributed by atoms with Crippen molar-refractivity contribution in [3.63, 3.8) is 0 Å². The highest BCUT2D eigenvalue weighted by Crippen LogP contribution is 2.37. The maximum Gasteiger partial charge on any atom is 0.167 e. The number of hydrogen-bond donors (Lipinski definition) is 0. The van der Waals surface area contributed by atoms with Gasteiger partial charge in [0, 0.05) is 12.5 Å². The minimum absolute atomic E-state index is 0.00194. The van der Waals surface area contributed by atoms with Crippen molar-refractivity contribution in [3.8, 4) is 11.8 Å². The second-order valence-corrected chi connectivity index (χ2v) is 6.54. The van der Waals surface area contributed by atoms with Gasteiger partial charge in [0.05, 0.1) is 28.2 Å². The largest absolute Gasteiger partial charge is 0.294 e. The molecule has 1 aromatic heterocycles. The summed E-state index contributed by atoms with van der Waals surface area (Å²) >= 11 is 0. The number of fused-ring (bicyclic) bond motifs is 1. The molecule has 24 heavy (non-hydrogen) atoms. The Kier molecular flexibility index (Phi) is 4.88. The first-order valence-corrected chi connectivity index (χ1v) is 8.14. The molecule has 0 saturated carbocycles. The van der Waals surface area contributed by atoms with Gasteiger partial charge in [-0.15, -0.1) is 0 Å². The van der Waals surface area contributed by atoms with Crippen molar-refractivity contribution in [3.05, 3.63) is 46.5 Å². The van der Waals surface area contributed by atoms with Crippen molar-refractivity contribution in [2.24, 2.45) is 5.41 Å². The molecule has 0 aliphatic heterocycles. The molecule has 1 aliphatic rings. The van der Waals surface area contributed by atoms with E-state index in [1.165, 1.54) is 12.1 Å². The summed E-state index contributed by atoms with van der Waals surface area (Å²) in [5.74, 6) is -0.493. The van der Waals surface area contributed by atoms with Gasteiger partial charge >= 0.3 is 0 Å². The summed E-state index contributed by atoms with van der Waals surface area (Å²) in [5, 5.41) is 13.2. The molecular formula is C19H22FN3O. The predicted molar refractivity (Wildman–Crippen MR) is 90.8 cm³/mol. The predicted octanol–water partition coefficient (Wildman–Crippen LogP) is 4.37. The molecule has 0 atom stereocenters. The van der Waals surface area contributed by atoms with E-state index in [9.17, 15) is 9.18 Å². The smallest absolute Gasteiger partial charge is 0.167 e. The van der Waals surface area contributed by atoms with E-state index in [1.54, 1.807) is 23.7 Å². The molecule has 0 saturated heterocycles. The van der Waals surface area contributed by atoms with E-state index < -0.39 is 5.82 Å². The fourth-order valence-electron chi connectivity index (χ4n) is 3.08. The summed E-state index contributed by atoms with van der Waals surface area (Å²) in [6, 6.07) is 6.18. The third-order valence-corrected chi connectivity index (χ3v) is 4.04. The maximum atomic E-state index is 13.9. The van der Waals surface area contributed by atoms with Crippen LogP contribution in [0.3, 0.4) is 0 Å². The van der Waals surface area contributed by atoms with Crippen LogP contribution in [-0.4, -0.2) is 15.6 Å². The van der Waals surface area contributed by atoms with Crippen molar-refractivity contribution < 1.29 is 9.18 Å². The molecule has 2 aromatic rings. The molecule has 0 N–H and O–H groups in total. The second kappa shape index (κ2) is 6.56. The van der Waals surface area contributed by atoms with Gasteiger partial charge < -0.3 is 0 Å². The van der Waals surface area contributed by atoms with Gasteiger partial charge in [-0.25, -0.2) is 9.07 Å². The Bertz CT molecular complexity index is 828. The Morgan fingerprint density at radius 1 is 1.29 bits per heavy atom. The minimum Gasteiger partial charge on any atom is -0.294 e. The van der Waals surface area contributed by atoms with Gasteiger partial charge in [0.15, 0.2) is 5.78 Å². The number of Topliss-reactive ketones (excluding diaryl/α,β-unsaturated/α-hetero) is 1. The number of carbonyl (C=O) groups excluding carboxylic acids is 1. The van der Waals surface area contributed by atoms with Crippen LogP contribution in [0, 0.1) is 29.5 Å². The second-order valence-electron chi connectivity index (χ2n) is 6.54. The first-order valence-electron chi connectivity index (χ1n) is 8.14. The Morgan fingerprint density at radius 3 is 2.54 bits per heavy atom. The van der Waals surface area contributed by atoms with E-state index in [4.69, 9.17) is 5.26 Å². The van der Waals surface area contributed by atoms with Gasteiger partial charge in [-0.05, 0) is 30.9 Å². The van der Waals surface area contributed by atoms with Crippen molar-refractivity contribution in [2.75, 3.05) is 0 Å². The van der Waals surface area contributed by atoms with Crippen molar-refractivity contribution in [1.82, 2.24) is 9.78 Å². The number of carbonyl (C=O) groups is 1. The molecule has 0 amide bonds. The summed E-state index contributed by atoms with van der Waals surface area (Å²) in [5.41, 5.74) is 2.54. The zero-order chi connectivity index (χ0) is 18.1. The lowest BCUT2D eigenvalue weighted by molar-refractivity contribution is 0.0910. The van der Waals surface area contributed by atoms with E-state index in [0.717, 1.165) is 5.69 Å². The first kappa shape index (κ1) is 17.9. The molecule has 126 valence electrons. The van der Waals surface area contributed by atoms with Gasteiger partial charge in [-0.1, -0.05) is 27.7 Å². The normalized spacial score (nSPS) is 15.1. The molecule has 0 radical (unpaired) electrons. The summed E-state index contributed by atoms with van der Waals surface area (Å²) in [7, 11) is 0. The van der Waals surface area contributed by atoms with Crippen molar-refractivity contribution in [2.45, 2.75) is 47.5 Å². The average molecular weight is 327 g/mol. The average Bonchev–Trinajstić information content (AvgIpc) is 2.84. The zero-order valence-electron chi connectivity index (χ0n) is 14.8. The quantitative estimate of drug-likeness (QED) is 0.781. The number of benzene rings is 1. The van der Waals surface area contributed by atoms with Gasteiger partial charge in [0.1, 0.15) is 11.9 Å². The fraction of sp³-hybridized carbons (Fsp3) is 0.421. The van der Waals surface area contributed by atoms with Gasteiger partial charge in [-0.3, -0.25) is 4.79 Å². The van der Waals surface area contributed by atoms with Crippen molar-refractivity contribution in [1.29, 1.82) is 5.26 Å². The molecule has 1 aliphatic carbocycles. The summed E-state index contributed by atoms with van der Waals surface area (Å²) < 4.78 is 15.5. The van der Waals surface area contributed by atoms with Gasteiger partial charge in [-0.2, -0.15) is 10.4 Å². The Hall–Kier alpha value is -2.48. The number of ketones is 1. The lowest BCUT2D eigenvalue weighted by Gasteiger charge is -2.29. The lowest BCUT2D eigenvalue weighted by atomic mass is 9.75. The number of rotatable bonds is 1. The summed E-state index contributed by atoms with van der Waals surface area (Å²) in [6.45, 7) is 9.88. The lowest BCUT2D eigenvalue weighted by Crippen LogP contribution is -2.28. The van der Waals surface area contributed by atoms with E-state index in [2.05, 4.69) is 5.10 Å². The number of aromatic nitrogens is 2. The van der Waals surface area contributed by atoms with Crippen LogP contribution in [0.2, 0.25) is 0 Å². The number of hydrogen-bond acceptors (Lipinski definition) is 3. The van der Waals surface area contributed by atoms with Crippen LogP contribution in [-0.2, 0) is 6.42 Å². The molecular weight excluding hydrogens is 305 g/mol. The maximum absolute atomic E-state index is 13.9. The molecule has 0 spiro atoms. The van der Waals surface area contributed by atoms with E-state index in [1.807, 2.05) is 27.7 Å². The number of aryl methyl sites for hydroxylation is 1. The monoisotopic (exact) mass is 327 g/mol. The van der Waals surface area contributed by atoms with E-state index >= 15 is 0 Å². The Morgan fingerprint density at radius 2 is 1.96 bits per heavy atom. The summed E-state index contributed by atoms with van der Waals surface area (Å²) in [6.07, 6.45) is 1.20. The SMILES string of the molecule is CC.Cc1nn(-c2ccc(C#N)c(F)c2)c2c1C(=O)CC(C)(C)C2. The van der Waals surface area contributed by atoms with Gasteiger partial charge in [0.2, 0.25) is 0 Å². The van der Waals surface area contributed by atoms with Crippen LogP contribution >= 0.6 is 0 Å². The minimum atomic E-state index is -0.580. The summed E-state index contributed by atoms with van der Waals surface area (Å²) in [4.78, 5) is 12.4. The molecule has 1 heterocycles.